The van der Waals surface area contributed by atoms with Crippen molar-refractivity contribution in [1.29, 1.82) is 0 Å². The van der Waals surface area contributed by atoms with Gasteiger partial charge < -0.3 is 10.6 Å². The topological polar surface area (TPSA) is 81.0 Å². The Bertz CT molecular complexity index is 503. The number of fused-ring (bicyclic) bond motifs is 1. The predicted octanol–water partition coefficient (Wildman–Crippen LogP) is -1.57. The fourth-order valence-electron chi connectivity index (χ4n) is 2.37. The van der Waals surface area contributed by atoms with Crippen molar-refractivity contribution >= 4 is 5.91 Å². The monoisotopic (exact) mass is 237 g/mol. The maximum absolute atomic E-state index is 12.0. The smallest absolute Gasteiger partial charge is 0.346 e. The number of aromatic nitrogens is 3. The van der Waals surface area contributed by atoms with Gasteiger partial charge in [0.2, 0.25) is 5.91 Å². The molecule has 0 aliphatic carbocycles. The summed E-state index contributed by atoms with van der Waals surface area (Å²) in [7, 11) is 0. The molecule has 0 radical (unpaired) electrons. The summed E-state index contributed by atoms with van der Waals surface area (Å²) in [6.45, 7) is 2.59. The molecular formula is C10H15N5O2. The molecular weight excluding hydrogens is 222 g/mol. The van der Waals surface area contributed by atoms with Crippen LogP contribution in [0.15, 0.2) is 4.79 Å². The average molecular weight is 237 g/mol. The van der Waals surface area contributed by atoms with Gasteiger partial charge in [-0.1, -0.05) is 0 Å². The van der Waals surface area contributed by atoms with E-state index in [1.54, 1.807) is 4.57 Å². The molecule has 3 heterocycles. The molecule has 3 rings (SSSR count). The molecule has 1 unspecified atom stereocenters. The first-order chi connectivity index (χ1) is 8.24. The van der Waals surface area contributed by atoms with E-state index < -0.39 is 0 Å². The van der Waals surface area contributed by atoms with Gasteiger partial charge in [-0.25, -0.2) is 9.48 Å². The Labute approximate surface area is 97.8 Å². The minimum Gasteiger partial charge on any atom is -0.351 e. The van der Waals surface area contributed by atoms with E-state index in [2.05, 4.69) is 15.7 Å². The molecule has 7 heteroatoms. The molecule has 0 aromatic carbocycles. The van der Waals surface area contributed by atoms with Gasteiger partial charge in [0.25, 0.3) is 0 Å². The molecule has 1 atom stereocenters. The zero-order chi connectivity index (χ0) is 11.8. The van der Waals surface area contributed by atoms with E-state index in [-0.39, 0.29) is 17.6 Å². The third-order valence-electron chi connectivity index (χ3n) is 3.27. The van der Waals surface area contributed by atoms with Crippen molar-refractivity contribution < 1.29 is 4.79 Å². The highest BCUT2D eigenvalue weighted by Crippen LogP contribution is 2.08. The third-order valence-corrected chi connectivity index (χ3v) is 3.27. The summed E-state index contributed by atoms with van der Waals surface area (Å²) < 4.78 is 3.17. The first-order valence-corrected chi connectivity index (χ1v) is 5.90. The first-order valence-electron chi connectivity index (χ1n) is 5.90. The Morgan fingerprint density at radius 3 is 3.00 bits per heavy atom. The molecule has 1 aromatic heterocycles. The first kappa shape index (κ1) is 10.5. The Hall–Kier alpha value is -1.63. The van der Waals surface area contributed by atoms with Gasteiger partial charge in [0.05, 0.1) is 13.1 Å². The number of amides is 1. The average Bonchev–Trinajstić information content (AvgIpc) is 2.86. The minimum absolute atomic E-state index is 0.0464. The SMILES string of the molecule is O=C1CCC(Cn2nc3n(c2=O)CCNC3)N1. The van der Waals surface area contributed by atoms with Crippen LogP contribution in [-0.4, -0.2) is 32.8 Å². The highest BCUT2D eigenvalue weighted by molar-refractivity contribution is 5.78. The van der Waals surface area contributed by atoms with E-state index in [0.717, 1.165) is 18.8 Å². The van der Waals surface area contributed by atoms with Crippen molar-refractivity contribution in [3.05, 3.63) is 16.3 Å². The van der Waals surface area contributed by atoms with Crippen molar-refractivity contribution in [3.8, 4) is 0 Å². The molecule has 2 aliphatic rings. The molecule has 7 nitrogen and oxygen atoms in total. The van der Waals surface area contributed by atoms with E-state index >= 15 is 0 Å². The summed E-state index contributed by atoms with van der Waals surface area (Å²) in [6, 6.07) is 0.0464. The molecule has 1 fully saturated rings. The van der Waals surface area contributed by atoms with Crippen molar-refractivity contribution in [3.63, 3.8) is 0 Å². The summed E-state index contributed by atoms with van der Waals surface area (Å²) in [5, 5.41) is 10.3. The number of rotatable bonds is 2. The molecule has 1 saturated heterocycles. The number of hydrogen-bond acceptors (Lipinski definition) is 4. The number of carbonyl (C=O) groups excluding carboxylic acids is 1. The largest absolute Gasteiger partial charge is 0.351 e. The third kappa shape index (κ3) is 1.86. The van der Waals surface area contributed by atoms with Crippen molar-refractivity contribution in [2.24, 2.45) is 0 Å². The molecule has 1 aromatic rings. The lowest BCUT2D eigenvalue weighted by Gasteiger charge is -2.11. The van der Waals surface area contributed by atoms with E-state index in [0.29, 0.717) is 26.1 Å². The van der Waals surface area contributed by atoms with Gasteiger partial charge in [0.1, 0.15) is 5.82 Å². The van der Waals surface area contributed by atoms with Crippen LogP contribution in [0.5, 0.6) is 0 Å². The van der Waals surface area contributed by atoms with Crippen LogP contribution in [0.25, 0.3) is 0 Å². The fraction of sp³-hybridized carbons (Fsp3) is 0.700. The van der Waals surface area contributed by atoms with Gasteiger partial charge in [-0.15, -0.1) is 0 Å². The van der Waals surface area contributed by atoms with E-state index in [4.69, 9.17) is 0 Å². The maximum Gasteiger partial charge on any atom is 0.346 e. The second-order valence-corrected chi connectivity index (χ2v) is 4.51. The van der Waals surface area contributed by atoms with Crippen LogP contribution in [0, 0.1) is 0 Å². The van der Waals surface area contributed by atoms with Crippen molar-refractivity contribution in [2.45, 2.75) is 38.5 Å². The number of carbonyl (C=O) groups is 1. The molecule has 17 heavy (non-hydrogen) atoms. The van der Waals surface area contributed by atoms with Crippen LogP contribution in [0.2, 0.25) is 0 Å². The van der Waals surface area contributed by atoms with Crippen molar-refractivity contribution in [1.82, 2.24) is 25.0 Å². The Balaban J connectivity index is 1.81. The van der Waals surface area contributed by atoms with Crippen LogP contribution < -0.4 is 16.3 Å². The Morgan fingerprint density at radius 2 is 2.29 bits per heavy atom. The molecule has 2 aliphatic heterocycles. The lowest BCUT2D eigenvalue weighted by atomic mass is 10.2. The maximum atomic E-state index is 12.0. The Morgan fingerprint density at radius 1 is 1.41 bits per heavy atom. The molecule has 1 amide bonds. The highest BCUT2D eigenvalue weighted by atomic mass is 16.2. The van der Waals surface area contributed by atoms with Gasteiger partial charge in [-0.05, 0) is 6.42 Å². The molecule has 0 bridgehead atoms. The quantitative estimate of drug-likeness (QED) is 0.651. The number of nitrogens with one attached hydrogen (secondary N) is 2. The van der Waals surface area contributed by atoms with E-state index in [1.807, 2.05) is 0 Å². The van der Waals surface area contributed by atoms with E-state index in [1.165, 1.54) is 4.68 Å². The molecule has 0 saturated carbocycles. The van der Waals surface area contributed by atoms with Crippen LogP contribution in [0.4, 0.5) is 0 Å². The second kappa shape index (κ2) is 3.99. The van der Waals surface area contributed by atoms with Crippen LogP contribution in [0.1, 0.15) is 18.7 Å². The van der Waals surface area contributed by atoms with E-state index in [9.17, 15) is 9.59 Å². The van der Waals surface area contributed by atoms with Crippen molar-refractivity contribution in [2.75, 3.05) is 6.54 Å². The van der Waals surface area contributed by atoms with Gasteiger partial charge >= 0.3 is 5.69 Å². The standard InChI is InChI=1S/C10H15N5O2/c16-9-2-1-7(12-9)6-15-10(17)14-4-3-11-5-8(14)13-15/h7,11H,1-6H2,(H,12,16). The summed E-state index contributed by atoms with van der Waals surface area (Å²) in [5.74, 6) is 0.847. The van der Waals surface area contributed by atoms with Gasteiger partial charge in [0, 0.05) is 25.6 Å². The lowest BCUT2D eigenvalue weighted by Crippen LogP contribution is -2.37. The Kier molecular flexibility index (Phi) is 2.47. The predicted molar refractivity (Wildman–Crippen MR) is 59.4 cm³/mol. The molecule has 2 N–H and O–H groups in total. The normalized spacial score (nSPS) is 23.5. The molecule has 92 valence electrons. The molecule has 0 spiro atoms. The highest BCUT2D eigenvalue weighted by Gasteiger charge is 2.24. The zero-order valence-corrected chi connectivity index (χ0v) is 9.48. The summed E-state index contributed by atoms with van der Waals surface area (Å²) in [5.41, 5.74) is -0.0670. The fourth-order valence-corrected chi connectivity index (χ4v) is 2.37. The number of hydrogen-bond donors (Lipinski definition) is 2. The van der Waals surface area contributed by atoms with Crippen LogP contribution in [0.3, 0.4) is 0 Å². The van der Waals surface area contributed by atoms with Crippen LogP contribution in [-0.2, 0) is 24.4 Å². The van der Waals surface area contributed by atoms with Gasteiger partial charge in [0.15, 0.2) is 0 Å². The minimum atomic E-state index is -0.0670. The summed E-state index contributed by atoms with van der Waals surface area (Å²) >= 11 is 0. The van der Waals surface area contributed by atoms with Crippen LogP contribution >= 0.6 is 0 Å². The zero-order valence-electron chi connectivity index (χ0n) is 9.48. The summed E-state index contributed by atoms with van der Waals surface area (Å²) in [6.07, 6.45) is 1.33. The van der Waals surface area contributed by atoms with Gasteiger partial charge in [-0.2, -0.15) is 5.10 Å². The summed E-state index contributed by atoms with van der Waals surface area (Å²) in [4.78, 5) is 23.1. The number of nitrogens with zero attached hydrogens (tertiary/aromatic N) is 3. The second-order valence-electron chi connectivity index (χ2n) is 4.51. The van der Waals surface area contributed by atoms with Gasteiger partial charge in [-0.3, -0.25) is 9.36 Å². The lowest BCUT2D eigenvalue weighted by molar-refractivity contribution is -0.119.